The number of allylic oxidation sites excluding steroid dienone is 13. The van der Waals surface area contributed by atoms with Crippen LogP contribution in [-0.2, 0) is 23.8 Å². The molecule has 1 amide bonds. The number of aliphatic hydroxyl groups is 5. The van der Waals surface area contributed by atoms with Crippen molar-refractivity contribution >= 4 is 11.9 Å². The average Bonchev–Trinajstić information content (AvgIpc) is 3.50. The van der Waals surface area contributed by atoms with Gasteiger partial charge in [-0.05, 0) is 77.0 Å². The van der Waals surface area contributed by atoms with Crippen LogP contribution in [0.4, 0.5) is 0 Å². The molecule has 0 spiro atoms. The van der Waals surface area contributed by atoms with Gasteiger partial charge in [-0.15, -0.1) is 0 Å². The molecule has 468 valence electrons. The molecule has 0 aromatic heterocycles. The first-order valence-corrected chi connectivity index (χ1v) is 33.4. The van der Waals surface area contributed by atoms with Crippen molar-refractivity contribution in [1.82, 2.24) is 5.32 Å². The quantitative estimate of drug-likeness (QED) is 0.0195. The molecule has 0 aliphatic carbocycles. The molecule has 1 aliphatic heterocycles. The normalized spacial score (nSPS) is 19.2. The van der Waals surface area contributed by atoms with Crippen LogP contribution >= 0.6 is 0 Å². The zero-order chi connectivity index (χ0) is 58.9. The lowest BCUT2D eigenvalue weighted by molar-refractivity contribution is -0.305. The maximum Gasteiger partial charge on any atom is 0.306 e. The van der Waals surface area contributed by atoms with Crippen LogP contribution in [0.25, 0.3) is 0 Å². The first-order valence-electron chi connectivity index (χ1n) is 33.4. The summed E-state index contributed by atoms with van der Waals surface area (Å²) in [4.78, 5) is 26.6. The highest BCUT2D eigenvalue weighted by Crippen LogP contribution is 2.26. The lowest BCUT2D eigenvalue weighted by Gasteiger charge is -2.41. The van der Waals surface area contributed by atoms with Crippen molar-refractivity contribution < 1.29 is 49.3 Å². The lowest BCUT2D eigenvalue weighted by Crippen LogP contribution is -2.61. The van der Waals surface area contributed by atoms with E-state index in [-0.39, 0.29) is 19.4 Å². The molecule has 1 rings (SSSR count). The second kappa shape index (κ2) is 57.3. The van der Waals surface area contributed by atoms with Crippen molar-refractivity contribution in [2.75, 3.05) is 13.2 Å². The second-order valence-corrected chi connectivity index (χ2v) is 22.8. The zero-order valence-corrected chi connectivity index (χ0v) is 51.9. The van der Waals surface area contributed by atoms with Crippen molar-refractivity contribution in [2.45, 2.75) is 333 Å². The van der Waals surface area contributed by atoms with E-state index in [1.54, 1.807) is 6.08 Å². The third-order valence-corrected chi connectivity index (χ3v) is 15.3. The smallest absolute Gasteiger partial charge is 0.306 e. The number of carbonyl (C=O) groups excluding carboxylic acids is 2. The van der Waals surface area contributed by atoms with Crippen LogP contribution in [0.3, 0.4) is 0 Å². The summed E-state index contributed by atoms with van der Waals surface area (Å²) in [5, 5.41) is 57.1. The predicted octanol–water partition coefficient (Wildman–Crippen LogP) is 16.5. The van der Waals surface area contributed by atoms with E-state index in [0.29, 0.717) is 12.8 Å². The van der Waals surface area contributed by atoms with Gasteiger partial charge in [0.15, 0.2) is 12.4 Å². The summed E-state index contributed by atoms with van der Waals surface area (Å²) in [5.41, 5.74) is 0. The number of carbonyl (C=O) groups is 2. The SMILES string of the molecule is CC/C=C\C/C=C\C/C=C\C/C=C\C/C=C\C/C=C\CCCCCCCC(O)C(=O)NC(COC1OC(CO)C(O)C(O)C1OC(=O)CCCCCCCCCCCCCCCCCCC)C(O)/C=C/CCCCCCCCCCC. The molecule has 0 bridgehead atoms. The summed E-state index contributed by atoms with van der Waals surface area (Å²) in [7, 11) is 0. The minimum Gasteiger partial charge on any atom is -0.454 e. The summed E-state index contributed by atoms with van der Waals surface area (Å²) in [6.07, 6.45) is 64.8. The lowest BCUT2D eigenvalue weighted by atomic mass is 9.99. The van der Waals surface area contributed by atoms with Gasteiger partial charge >= 0.3 is 5.97 Å². The molecule has 11 heteroatoms. The largest absolute Gasteiger partial charge is 0.454 e. The Morgan fingerprint density at radius 3 is 1.33 bits per heavy atom. The summed E-state index contributed by atoms with van der Waals surface area (Å²) >= 11 is 0. The summed E-state index contributed by atoms with van der Waals surface area (Å²) in [6, 6.07) is -1.04. The molecule has 0 radical (unpaired) electrons. The number of rotatable bonds is 56. The fourth-order valence-electron chi connectivity index (χ4n) is 10.1. The number of hydrogen-bond donors (Lipinski definition) is 6. The van der Waals surface area contributed by atoms with Crippen LogP contribution in [-0.4, -0.2) is 99.6 Å². The summed E-state index contributed by atoms with van der Waals surface area (Å²) in [5.74, 6) is -1.21. The molecule has 1 heterocycles. The van der Waals surface area contributed by atoms with Crippen LogP contribution < -0.4 is 5.32 Å². The van der Waals surface area contributed by atoms with Crippen LogP contribution in [0.15, 0.2) is 85.1 Å². The fraction of sp³-hybridized carbons (Fsp3) is 0.771. The molecule has 1 aliphatic rings. The van der Waals surface area contributed by atoms with Gasteiger partial charge in [-0.25, -0.2) is 0 Å². The molecular formula is C70H123NO10. The Kier molecular flexibility index (Phi) is 53.6. The van der Waals surface area contributed by atoms with E-state index in [9.17, 15) is 35.1 Å². The Morgan fingerprint density at radius 1 is 0.494 bits per heavy atom. The number of esters is 1. The molecule has 11 nitrogen and oxygen atoms in total. The highest BCUT2D eigenvalue weighted by molar-refractivity contribution is 5.80. The maximum absolute atomic E-state index is 13.4. The third kappa shape index (κ3) is 45.0. The highest BCUT2D eigenvalue weighted by atomic mass is 16.7. The molecule has 1 fully saturated rings. The zero-order valence-electron chi connectivity index (χ0n) is 51.9. The molecule has 6 N–H and O–H groups in total. The third-order valence-electron chi connectivity index (χ3n) is 15.3. The van der Waals surface area contributed by atoms with Gasteiger partial charge in [0.2, 0.25) is 5.91 Å². The maximum atomic E-state index is 13.4. The molecule has 0 saturated carbocycles. The van der Waals surface area contributed by atoms with E-state index >= 15 is 0 Å². The van der Waals surface area contributed by atoms with Gasteiger partial charge in [0.25, 0.3) is 0 Å². The Morgan fingerprint density at radius 2 is 0.889 bits per heavy atom. The molecular weight excluding hydrogens is 1010 g/mol. The minimum atomic E-state index is -1.62. The number of unbranched alkanes of at least 4 members (excludes halogenated alkanes) is 30. The summed E-state index contributed by atoms with van der Waals surface area (Å²) < 4.78 is 17.6. The van der Waals surface area contributed by atoms with E-state index in [1.807, 2.05) is 6.08 Å². The van der Waals surface area contributed by atoms with E-state index in [2.05, 4.69) is 99.0 Å². The first-order chi connectivity index (χ1) is 39.7. The molecule has 0 aromatic rings. The summed E-state index contributed by atoms with van der Waals surface area (Å²) in [6.45, 7) is 5.68. The average molecular weight is 1140 g/mol. The van der Waals surface area contributed by atoms with Crippen LogP contribution in [0, 0.1) is 0 Å². The van der Waals surface area contributed by atoms with Crippen molar-refractivity contribution in [2.24, 2.45) is 0 Å². The van der Waals surface area contributed by atoms with E-state index in [0.717, 1.165) is 109 Å². The number of hydrogen-bond acceptors (Lipinski definition) is 10. The Hall–Kier alpha value is -3.16. The van der Waals surface area contributed by atoms with Gasteiger partial charge in [-0.2, -0.15) is 0 Å². The van der Waals surface area contributed by atoms with Gasteiger partial charge in [0.05, 0.1) is 25.4 Å². The van der Waals surface area contributed by atoms with Crippen LogP contribution in [0.1, 0.15) is 284 Å². The van der Waals surface area contributed by atoms with Gasteiger partial charge in [-0.3, -0.25) is 9.59 Å². The van der Waals surface area contributed by atoms with Crippen molar-refractivity contribution in [3.8, 4) is 0 Å². The van der Waals surface area contributed by atoms with E-state index < -0.39 is 67.4 Å². The van der Waals surface area contributed by atoms with Crippen molar-refractivity contribution in [3.63, 3.8) is 0 Å². The molecule has 0 aromatic carbocycles. The van der Waals surface area contributed by atoms with Crippen molar-refractivity contribution in [3.05, 3.63) is 85.1 Å². The number of amides is 1. The van der Waals surface area contributed by atoms with Crippen LogP contribution in [0.5, 0.6) is 0 Å². The van der Waals surface area contributed by atoms with E-state index in [4.69, 9.17) is 14.2 Å². The van der Waals surface area contributed by atoms with Gasteiger partial charge in [0, 0.05) is 6.42 Å². The molecule has 81 heavy (non-hydrogen) atoms. The van der Waals surface area contributed by atoms with Crippen molar-refractivity contribution in [1.29, 1.82) is 0 Å². The minimum absolute atomic E-state index is 0.122. The van der Waals surface area contributed by atoms with Gasteiger partial charge in [-0.1, -0.05) is 286 Å². The Bertz CT molecular complexity index is 1640. The molecule has 1 saturated heterocycles. The predicted molar refractivity (Wildman–Crippen MR) is 338 cm³/mol. The Balaban J connectivity index is 2.62. The number of ether oxygens (including phenoxy) is 3. The van der Waals surface area contributed by atoms with Crippen LogP contribution in [0.2, 0.25) is 0 Å². The van der Waals surface area contributed by atoms with Gasteiger partial charge < -0.3 is 45.1 Å². The fourth-order valence-corrected chi connectivity index (χ4v) is 10.1. The van der Waals surface area contributed by atoms with E-state index in [1.165, 1.54) is 128 Å². The topological polar surface area (TPSA) is 175 Å². The number of aliphatic hydroxyl groups excluding tert-OH is 5. The first kappa shape index (κ1) is 75.9. The molecule has 8 atom stereocenters. The van der Waals surface area contributed by atoms with Gasteiger partial charge in [0.1, 0.15) is 24.4 Å². The highest BCUT2D eigenvalue weighted by Gasteiger charge is 2.47. The Labute approximate surface area is 495 Å². The monoisotopic (exact) mass is 1140 g/mol. The standard InChI is InChI=1S/C70H123NO10/c1-4-7-10-13-16-19-22-24-26-28-29-30-31-32-33-34-36-37-39-42-45-48-51-54-57-63(74)69(78)71-61(62(73)56-53-50-47-44-41-21-18-15-12-9-6-3)60-79-70-68(67(77)66(76)64(59-72)80-70)81-65(75)58-55-52-49-46-43-40-38-35-27-25-23-20-17-14-11-8-5-2/h7,10,16,19,24,26,29-30,32-33,36-37,53,56,61-64,66-68,70,72-74,76-77H,4-6,8-9,11-15,17-18,20-23,25,27-28,31,34-35,38-52,54-55,57-60H2,1-3H3,(H,71,78)/b10-7-,19-16-,26-24-,30-29-,33-32-,37-36-,56-53+. The second-order valence-electron chi connectivity index (χ2n) is 22.8. The number of nitrogens with one attached hydrogen (secondary N) is 1. The molecule has 8 unspecified atom stereocenters.